The number of carboxylic acid groups (broad SMARTS) is 2. The zero-order valence-electron chi connectivity index (χ0n) is 27.7. The molecule has 2 aliphatic carbocycles. The first kappa shape index (κ1) is 34.0. The van der Waals surface area contributed by atoms with Gasteiger partial charge in [-0.3, -0.25) is 5.32 Å². The van der Waals surface area contributed by atoms with Crippen molar-refractivity contribution < 1.29 is 29.3 Å². The fourth-order valence-corrected chi connectivity index (χ4v) is 6.92. The lowest BCUT2D eigenvalue weighted by molar-refractivity contribution is 0.0686. The highest BCUT2D eigenvalue weighted by atomic mass is 16.5. The van der Waals surface area contributed by atoms with E-state index >= 15 is 0 Å². The highest BCUT2D eigenvalue weighted by Crippen LogP contribution is 2.32. The molecule has 8 heteroatoms. The first-order valence-electron chi connectivity index (χ1n) is 16.8. The molecular weight excluding hydrogens is 628 g/mol. The number of nitrogens with one attached hydrogen (secondary N) is 1. The molecule has 5 aromatic rings. The summed E-state index contributed by atoms with van der Waals surface area (Å²) in [5, 5.41) is 20.7. The molecule has 0 saturated heterocycles. The number of fused-ring (bicyclic) bond motifs is 2. The van der Waals surface area contributed by atoms with Crippen molar-refractivity contribution >= 4 is 29.4 Å². The van der Waals surface area contributed by atoms with Gasteiger partial charge in [-0.2, -0.15) is 0 Å². The second kappa shape index (κ2) is 15.6. The van der Waals surface area contributed by atoms with Crippen LogP contribution in [0.15, 0.2) is 115 Å². The van der Waals surface area contributed by atoms with Gasteiger partial charge in [0.25, 0.3) is 0 Å². The lowest BCUT2D eigenvalue weighted by Gasteiger charge is -2.09. The number of hydrogen-bond acceptors (Lipinski definition) is 5. The van der Waals surface area contributed by atoms with Crippen molar-refractivity contribution in [3.8, 4) is 0 Å². The van der Waals surface area contributed by atoms with Crippen LogP contribution >= 0.6 is 0 Å². The third-order valence-electron chi connectivity index (χ3n) is 9.38. The standard InChI is InChI=1S/C25H23NO4.C17H17NO2/c27-24(28)20-8-6-17(7-9-20)12-19-13-21-10-11-23(15-22(21)14-19)26-25(29)30-16-18-4-2-1-3-5-18;18-16-6-5-14-8-12(9-15(14)10-16)7-11-1-3-13(4-2-11)17(19)20/h1-11,15,19H,12-14,16H2,(H,26,29)(H,27,28);1-6,10,12H,7-9,18H2,(H,19,20). The van der Waals surface area contributed by atoms with Crippen molar-refractivity contribution in [3.05, 3.63) is 165 Å². The van der Waals surface area contributed by atoms with Crippen LogP contribution in [0, 0.1) is 11.8 Å². The Morgan fingerprint density at radius 2 is 1.10 bits per heavy atom. The predicted octanol–water partition coefficient (Wildman–Crippen LogP) is 8.02. The van der Waals surface area contributed by atoms with Crippen LogP contribution in [-0.2, 0) is 49.9 Å². The average molecular weight is 669 g/mol. The number of ether oxygens (including phenoxy) is 1. The van der Waals surface area contributed by atoms with Crippen molar-refractivity contribution in [2.45, 2.75) is 45.1 Å². The summed E-state index contributed by atoms with van der Waals surface area (Å²) in [6.07, 6.45) is 5.47. The number of hydrogen-bond donors (Lipinski definition) is 4. The summed E-state index contributed by atoms with van der Waals surface area (Å²) < 4.78 is 5.29. The van der Waals surface area contributed by atoms with Gasteiger partial charge in [0, 0.05) is 11.4 Å². The Kier molecular flexibility index (Phi) is 10.6. The molecule has 50 heavy (non-hydrogen) atoms. The molecule has 2 unspecified atom stereocenters. The molecule has 7 rings (SSSR count). The normalized spacial score (nSPS) is 15.6. The van der Waals surface area contributed by atoms with E-state index in [-0.39, 0.29) is 6.61 Å². The zero-order valence-corrected chi connectivity index (χ0v) is 27.7. The number of anilines is 2. The minimum Gasteiger partial charge on any atom is -0.478 e. The van der Waals surface area contributed by atoms with E-state index in [9.17, 15) is 14.4 Å². The van der Waals surface area contributed by atoms with Crippen LogP contribution in [0.5, 0.6) is 0 Å². The maximum atomic E-state index is 12.1. The Morgan fingerprint density at radius 3 is 1.64 bits per heavy atom. The van der Waals surface area contributed by atoms with E-state index in [1.54, 1.807) is 24.3 Å². The van der Waals surface area contributed by atoms with Gasteiger partial charge in [0.05, 0.1) is 11.1 Å². The van der Waals surface area contributed by atoms with Crippen molar-refractivity contribution in [2.75, 3.05) is 11.1 Å². The number of benzene rings is 5. The van der Waals surface area contributed by atoms with Crippen LogP contribution in [-0.4, -0.2) is 28.2 Å². The molecule has 0 aromatic heterocycles. The third-order valence-corrected chi connectivity index (χ3v) is 9.38. The SMILES string of the molecule is Nc1ccc2c(c1)CC(Cc1ccc(C(=O)O)cc1)C2.O=C(Nc1ccc2c(c1)CC(Cc1ccc(C(=O)O)cc1)C2)OCc1ccccc1. The fourth-order valence-electron chi connectivity index (χ4n) is 6.92. The number of aromatic carboxylic acids is 2. The minimum absolute atomic E-state index is 0.236. The predicted molar refractivity (Wildman–Crippen MR) is 194 cm³/mol. The first-order chi connectivity index (χ1) is 24.2. The molecule has 0 bridgehead atoms. The summed E-state index contributed by atoms with van der Waals surface area (Å²) in [5.41, 5.74) is 16.6. The summed E-state index contributed by atoms with van der Waals surface area (Å²) in [7, 11) is 0. The summed E-state index contributed by atoms with van der Waals surface area (Å²) >= 11 is 0. The average Bonchev–Trinajstić information content (AvgIpc) is 3.70. The zero-order chi connectivity index (χ0) is 35.0. The molecule has 0 saturated carbocycles. The van der Waals surface area contributed by atoms with Crippen LogP contribution in [0.4, 0.5) is 16.2 Å². The molecule has 0 fully saturated rings. The Hall–Kier alpha value is -5.89. The van der Waals surface area contributed by atoms with Gasteiger partial charge in [-0.05, 0) is 138 Å². The molecule has 5 aromatic carbocycles. The molecule has 0 heterocycles. The van der Waals surface area contributed by atoms with Crippen molar-refractivity contribution in [1.29, 1.82) is 0 Å². The number of amides is 1. The van der Waals surface area contributed by atoms with Gasteiger partial charge in [0.1, 0.15) is 6.61 Å². The van der Waals surface area contributed by atoms with Crippen LogP contribution in [0.25, 0.3) is 0 Å². The number of carbonyl (C=O) groups excluding carboxylic acids is 1. The van der Waals surface area contributed by atoms with E-state index in [2.05, 4.69) is 23.5 Å². The smallest absolute Gasteiger partial charge is 0.411 e. The van der Waals surface area contributed by atoms with Gasteiger partial charge in [0.2, 0.25) is 0 Å². The van der Waals surface area contributed by atoms with E-state index in [1.165, 1.54) is 27.8 Å². The maximum absolute atomic E-state index is 12.1. The Balaban J connectivity index is 0.000000187. The number of carbonyl (C=O) groups is 3. The van der Waals surface area contributed by atoms with E-state index < -0.39 is 18.0 Å². The van der Waals surface area contributed by atoms with Crippen molar-refractivity contribution in [3.63, 3.8) is 0 Å². The monoisotopic (exact) mass is 668 g/mol. The van der Waals surface area contributed by atoms with Gasteiger partial charge in [0.15, 0.2) is 0 Å². The molecule has 2 atom stereocenters. The van der Waals surface area contributed by atoms with Crippen molar-refractivity contribution in [2.24, 2.45) is 11.8 Å². The summed E-state index contributed by atoms with van der Waals surface area (Å²) in [6, 6.07) is 36.0. The van der Waals surface area contributed by atoms with Crippen LogP contribution in [0.2, 0.25) is 0 Å². The molecule has 1 amide bonds. The van der Waals surface area contributed by atoms with Crippen LogP contribution in [0.3, 0.4) is 0 Å². The van der Waals surface area contributed by atoms with Crippen LogP contribution in [0.1, 0.15) is 59.7 Å². The Labute approximate surface area is 291 Å². The van der Waals surface area contributed by atoms with Crippen molar-refractivity contribution in [1.82, 2.24) is 0 Å². The summed E-state index contributed by atoms with van der Waals surface area (Å²) in [4.78, 5) is 33.9. The number of carboxylic acids is 2. The molecule has 0 radical (unpaired) electrons. The van der Waals surface area contributed by atoms with E-state index in [0.29, 0.717) is 23.0 Å². The molecule has 0 spiro atoms. The van der Waals surface area contributed by atoms with Gasteiger partial charge in [-0.1, -0.05) is 66.7 Å². The van der Waals surface area contributed by atoms with Gasteiger partial charge in [-0.15, -0.1) is 0 Å². The topological polar surface area (TPSA) is 139 Å². The van der Waals surface area contributed by atoms with E-state index in [1.807, 2.05) is 72.8 Å². The molecule has 2 aliphatic rings. The highest BCUT2D eigenvalue weighted by molar-refractivity contribution is 5.88. The molecule has 5 N–H and O–H groups in total. The second-order valence-corrected chi connectivity index (χ2v) is 13.2. The van der Waals surface area contributed by atoms with Gasteiger partial charge < -0.3 is 20.7 Å². The third kappa shape index (κ3) is 8.96. The lowest BCUT2D eigenvalue weighted by Crippen LogP contribution is -2.13. The van der Waals surface area contributed by atoms with E-state index in [4.69, 9.17) is 20.7 Å². The highest BCUT2D eigenvalue weighted by Gasteiger charge is 2.23. The van der Waals surface area contributed by atoms with Gasteiger partial charge >= 0.3 is 18.0 Å². The quantitative estimate of drug-likeness (QED) is 0.117. The molecule has 254 valence electrons. The lowest BCUT2D eigenvalue weighted by atomic mass is 9.96. The van der Waals surface area contributed by atoms with Crippen LogP contribution < -0.4 is 11.1 Å². The van der Waals surface area contributed by atoms with Gasteiger partial charge in [-0.25, -0.2) is 14.4 Å². The molecular formula is C42H40N2O6. The first-order valence-corrected chi connectivity index (χ1v) is 16.8. The molecule has 8 nitrogen and oxygen atoms in total. The Bertz CT molecular complexity index is 1970. The minimum atomic E-state index is -0.905. The number of nitrogen functional groups attached to an aromatic ring is 1. The molecule has 0 aliphatic heterocycles. The number of nitrogens with two attached hydrogens (primary N) is 1. The van der Waals surface area contributed by atoms with E-state index in [0.717, 1.165) is 61.0 Å². The summed E-state index contributed by atoms with van der Waals surface area (Å²) in [6.45, 7) is 0.236. The number of rotatable bonds is 9. The maximum Gasteiger partial charge on any atom is 0.411 e. The summed E-state index contributed by atoms with van der Waals surface area (Å²) in [5.74, 6) is -0.726. The Morgan fingerprint density at radius 1 is 0.600 bits per heavy atom. The second-order valence-electron chi connectivity index (χ2n) is 13.2. The fraction of sp³-hybridized carbons (Fsp3) is 0.214. The largest absolute Gasteiger partial charge is 0.478 e.